The van der Waals surface area contributed by atoms with Crippen LogP contribution in [-0.2, 0) is 14.3 Å². The Labute approximate surface area is 133 Å². The van der Waals surface area contributed by atoms with Gasteiger partial charge >= 0.3 is 0 Å². The van der Waals surface area contributed by atoms with Crippen LogP contribution in [0.25, 0.3) is 0 Å². The van der Waals surface area contributed by atoms with Crippen molar-refractivity contribution in [3.05, 3.63) is 41.5 Å². The van der Waals surface area contributed by atoms with Gasteiger partial charge in [-0.15, -0.1) is 0 Å². The summed E-state index contributed by atoms with van der Waals surface area (Å²) in [6.45, 7) is 1.89. The van der Waals surface area contributed by atoms with Crippen molar-refractivity contribution in [2.75, 3.05) is 4.43 Å². The van der Waals surface area contributed by atoms with Crippen LogP contribution in [0.4, 0.5) is 0 Å². The fraction of sp³-hybridized carbons (Fsp3) is 0.429. The monoisotopic (exact) mass is 408 g/mol. The van der Waals surface area contributed by atoms with Gasteiger partial charge in [0.15, 0.2) is 0 Å². The summed E-state index contributed by atoms with van der Waals surface area (Å²) in [5.74, 6) is 0. The summed E-state index contributed by atoms with van der Waals surface area (Å²) in [7, 11) is -3.83. The van der Waals surface area contributed by atoms with Crippen LogP contribution >= 0.6 is 22.6 Å². The van der Waals surface area contributed by atoms with Gasteiger partial charge in [0.05, 0.1) is 4.90 Å². The van der Waals surface area contributed by atoms with E-state index in [2.05, 4.69) is 22.6 Å². The van der Waals surface area contributed by atoms with E-state index in [-0.39, 0.29) is 4.90 Å². The Kier molecular flexibility index (Phi) is 5.22. The molecule has 0 heterocycles. The smallest absolute Gasteiger partial charge is 0.297 e. The molecule has 0 radical (unpaired) electrons. The molecule has 1 aromatic carbocycles. The summed E-state index contributed by atoms with van der Waals surface area (Å²) < 4.78 is 30.3. The number of benzene rings is 1. The molecule has 0 aliphatic heterocycles. The minimum absolute atomic E-state index is 0.126. The third-order valence-electron chi connectivity index (χ3n) is 3.30. The van der Waals surface area contributed by atoms with Gasteiger partial charge in [-0.05, 0) is 37.5 Å². The lowest BCUT2D eigenvalue weighted by molar-refractivity contribution is 0.0539. The quantitative estimate of drug-likeness (QED) is 0.360. The van der Waals surface area contributed by atoms with Crippen LogP contribution in [0.15, 0.2) is 40.8 Å². The third-order valence-corrected chi connectivity index (χ3v) is 5.53. The van der Waals surface area contributed by atoms with Crippen LogP contribution in [-0.4, -0.2) is 30.2 Å². The average Bonchev–Trinajstić information content (AvgIpc) is 2.41. The molecule has 0 saturated carbocycles. The fourth-order valence-corrected chi connectivity index (χ4v) is 3.98. The van der Waals surface area contributed by atoms with Crippen molar-refractivity contribution < 1.29 is 17.7 Å². The van der Waals surface area contributed by atoms with Gasteiger partial charge in [-0.25, -0.2) is 0 Å². The number of allylic oxidation sites excluding steroid dienone is 1. The van der Waals surface area contributed by atoms with E-state index in [1.54, 1.807) is 12.1 Å². The van der Waals surface area contributed by atoms with Crippen LogP contribution in [0.1, 0.15) is 18.4 Å². The van der Waals surface area contributed by atoms with E-state index < -0.39 is 22.3 Å². The molecular formula is C14H17IO4S. The molecule has 0 fully saturated rings. The maximum absolute atomic E-state index is 12.2. The first-order valence-corrected chi connectivity index (χ1v) is 9.30. The van der Waals surface area contributed by atoms with Gasteiger partial charge in [-0.1, -0.05) is 46.4 Å². The van der Waals surface area contributed by atoms with E-state index in [0.717, 1.165) is 17.6 Å². The SMILES string of the molecule is Cc1ccc(S(=O)(=O)O[C@H]2CCC=C(CI)[C@H]2O)cc1. The van der Waals surface area contributed by atoms with Crippen molar-refractivity contribution in [3.8, 4) is 0 Å². The molecule has 110 valence electrons. The molecule has 6 heteroatoms. The summed E-state index contributed by atoms with van der Waals surface area (Å²) in [6, 6.07) is 6.50. The van der Waals surface area contributed by atoms with Crippen LogP contribution in [0, 0.1) is 6.92 Å². The van der Waals surface area contributed by atoms with E-state index in [1.165, 1.54) is 12.1 Å². The Balaban J connectivity index is 2.17. The summed E-state index contributed by atoms with van der Waals surface area (Å²) in [4.78, 5) is 0.126. The highest BCUT2D eigenvalue weighted by Crippen LogP contribution is 2.26. The highest BCUT2D eigenvalue weighted by Gasteiger charge is 2.31. The Morgan fingerprint density at radius 2 is 2.00 bits per heavy atom. The number of aliphatic hydroxyl groups excluding tert-OH is 1. The molecule has 0 aromatic heterocycles. The van der Waals surface area contributed by atoms with E-state index in [0.29, 0.717) is 10.8 Å². The van der Waals surface area contributed by atoms with Crippen molar-refractivity contribution in [2.45, 2.75) is 36.9 Å². The average molecular weight is 408 g/mol. The maximum atomic E-state index is 12.2. The first-order chi connectivity index (χ1) is 9.44. The number of halogens is 1. The van der Waals surface area contributed by atoms with Crippen molar-refractivity contribution in [2.24, 2.45) is 0 Å². The topological polar surface area (TPSA) is 63.6 Å². The fourth-order valence-electron chi connectivity index (χ4n) is 2.11. The molecule has 2 atom stereocenters. The molecule has 0 saturated heterocycles. The Morgan fingerprint density at radius 1 is 1.35 bits per heavy atom. The first kappa shape index (κ1) is 15.9. The standard InChI is InChI=1S/C14H17IO4S/c1-10-5-7-12(8-6-10)20(17,18)19-13-4-2-3-11(9-15)14(13)16/h3,5-8,13-14,16H,2,4,9H2,1H3/t13-,14+/m0/s1. The van der Waals surface area contributed by atoms with Crippen LogP contribution < -0.4 is 0 Å². The summed E-state index contributed by atoms with van der Waals surface area (Å²) in [5, 5.41) is 10.1. The van der Waals surface area contributed by atoms with E-state index in [1.807, 2.05) is 13.0 Å². The van der Waals surface area contributed by atoms with E-state index in [9.17, 15) is 13.5 Å². The number of alkyl halides is 1. The highest BCUT2D eigenvalue weighted by molar-refractivity contribution is 14.1. The number of hydrogen-bond acceptors (Lipinski definition) is 4. The van der Waals surface area contributed by atoms with Crippen molar-refractivity contribution in [1.82, 2.24) is 0 Å². The highest BCUT2D eigenvalue weighted by atomic mass is 127. The molecule has 4 nitrogen and oxygen atoms in total. The lowest BCUT2D eigenvalue weighted by atomic mass is 9.95. The second kappa shape index (κ2) is 6.55. The number of aryl methyl sites for hydroxylation is 1. The maximum Gasteiger partial charge on any atom is 0.297 e. The molecule has 1 aliphatic rings. The second-order valence-electron chi connectivity index (χ2n) is 4.84. The predicted molar refractivity (Wildman–Crippen MR) is 85.4 cm³/mol. The lowest BCUT2D eigenvalue weighted by Gasteiger charge is -2.27. The summed E-state index contributed by atoms with van der Waals surface area (Å²) in [5.41, 5.74) is 1.82. The number of rotatable bonds is 4. The Bertz CT molecular complexity index is 592. The largest absolute Gasteiger partial charge is 0.386 e. The van der Waals surface area contributed by atoms with E-state index >= 15 is 0 Å². The van der Waals surface area contributed by atoms with Gasteiger partial charge in [0, 0.05) is 4.43 Å². The van der Waals surface area contributed by atoms with Gasteiger partial charge in [0.25, 0.3) is 10.1 Å². The van der Waals surface area contributed by atoms with Gasteiger partial charge < -0.3 is 5.11 Å². The van der Waals surface area contributed by atoms with Gasteiger partial charge in [-0.3, -0.25) is 4.18 Å². The molecule has 1 aliphatic carbocycles. The van der Waals surface area contributed by atoms with Crippen LogP contribution in [0.3, 0.4) is 0 Å². The minimum atomic E-state index is -3.83. The zero-order valence-electron chi connectivity index (χ0n) is 11.1. The van der Waals surface area contributed by atoms with Crippen molar-refractivity contribution in [3.63, 3.8) is 0 Å². The zero-order chi connectivity index (χ0) is 14.8. The van der Waals surface area contributed by atoms with Crippen molar-refractivity contribution in [1.29, 1.82) is 0 Å². The Hall–Kier alpha value is -0.440. The van der Waals surface area contributed by atoms with Crippen LogP contribution in [0.2, 0.25) is 0 Å². The third kappa shape index (κ3) is 3.60. The van der Waals surface area contributed by atoms with E-state index in [4.69, 9.17) is 4.18 Å². The van der Waals surface area contributed by atoms with Gasteiger partial charge in [0.1, 0.15) is 12.2 Å². The summed E-state index contributed by atoms with van der Waals surface area (Å²) in [6.07, 6.45) is 1.64. The van der Waals surface area contributed by atoms with Gasteiger partial charge in [0.2, 0.25) is 0 Å². The molecule has 0 amide bonds. The first-order valence-electron chi connectivity index (χ1n) is 6.37. The molecule has 20 heavy (non-hydrogen) atoms. The molecule has 0 spiro atoms. The molecule has 1 aromatic rings. The second-order valence-corrected chi connectivity index (χ2v) is 7.17. The predicted octanol–water partition coefficient (Wildman–Crippen LogP) is 2.59. The normalized spacial score (nSPS) is 23.4. The summed E-state index contributed by atoms with van der Waals surface area (Å²) >= 11 is 2.15. The molecule has 1 N–H and O–H groups in total. The Morgan fingerprint density at radius 3 is 2.60 bits per heavy atom. The van der Waals surface area contributed by atoms with Crippen molar-refractivity contribution >= 4 is 32.7 Å². The van der Waals surface area contributed by atoms with Gasteiger partial charge in [-0.2, -0.15) is 8.42 Å². The number of hydrogen-bond donors (Lipinski definition) is 1. The molecule has 0 unspecified atom stereocenters. The molecular weight excluding hydrogens is 391 g/mol. The van der Waals surface area contributed by atoms with Crippen LogP contribution in [0.5, 0.6) is 0 Å². The molecule has 2 rings (SSSR count). The molecule has 0 bridgehead atoms. The zero-order valence-corrected chi connectivity index (χ0v) is 14.1. The number of aliphatic hydroxyl groups is 1. The minimum Gasteiger partial charge on any atom is -0.386 e. The lowest BCUT2D eigenvalue weighted by Crippen LogP contribution is -2.35.